The first kappa shape index (κ1) is 14.3. The zero-order chi connectivity index (χ0) is 14.8. The Bertz CT molecular complexity index is 601. The van der Waals surface area contributed by atoms with E-state index in [2.05, 4.69) is 9.72 Å². The number of pyridine rings is 1. The molecule has 2 rings (SSSR count). The summed E-state index contributed by atoms with van der Waals surface area (Å²) in [6, 6.07) is 6.64. The zero-order valence-electron chi connectivity index (χ0n) is 10.1. The van der Waals surface area contributed by atoms with E-state index < -0.39 is 24.0 Å². The van der Waals surface area contributed by atoms with Gasteiger partial charge < -0.3 is 10.5 Å². The molecule has 1 aromatic carbocycles. The molecule has 2 aromatic rings. The molecule has 7 heteroatoms. The van der Waals surface area contributed by atoms with E-state index in [4.69, 9.17) is 5.73 Å². The lowest BCUT2D eigenvalue weighted by Gasteiger charge is -2.17. The van der Waals surface area contributed by atoms with Gasteiger partial charge in [0, 0.05) is 11.8 Å². The van der Waals surface area contributed by atoms with Crippen molar-refractivity contribution in [2.75, 3.05) is 0 Å². The molecule has 1 atom stereocenters. The number of alkyl halides is 3. The van der Waals surface area contributed by atoms with Crippen molar-refractivity contribution in [3.05, 3.63) is 59.7 Å². The molecule has 20 heavy (non-hydrogen) atoms. The van der Waals surface area contributed by atoms with E-state index in [0.717, 1.165) is 12.1 Å². The van der Waals surface area contributed by atoms with E-state index in [9.17, 15) is 17.6 Å². The van der Waals surface area contributed by atoms with Crippen molar-refractivity contribution in [1.29, 1.82) is 0 Å². The Balaban J connectivity index is 2.40. The predicted octanol–water partition coefficient (Wildman–Crippen LogP) is 3.17. The van der Waals surface area contributed by atoms with Gasteiger partial charge in [-0.25, -0.2) is 4.39 Å². The third-order valence-corrected chi connectivity index (χ3v) is 2.56. The Kier molecular flexibility index (Phi) is 3.89. The Hall–Kier alpha value is -2.15. The van der Waals surface area contributed by atoms with E-state index >= 15 is 0 Å². The monoisotopic (exact) mass is 286 g/mol. The fourth-order valence-electron chi connectivity index (χ4n) is 1.73. The van der Waals surface area contributed by atoms with E-state index in [0.29, 0.717) is 0 Å². The molecular weight excluding hydrogens is 276 g/mol. The molecule has 0 saturated carbocycles. The summed E-state index contributed by atoms with van der Waals surface area (Å²) in [6.07, 6.45) is -3.54. The minimum absolute atomic E-state index is 0.00225. The van der Waals surface area contributed by atoms with Gasteiger partial charge >= 0.3 is 6.36 Å². The fourth-order valence-corrected chi connectivity index (χ4v) is 1.73. The lowest BCUT2D eigenvalue weighted by Crippen LogP contribution is -2.21. The summed E-state index contributed by atoms with van der Waals surface area (Å²) in [7, 11) is 0. The van der Waals surface area contributed by atoms with Crippen molar-refractivity contribution >= 4 is 0 Å². The van der Waals surface area contributed by atoms with Crippen molar-refractivity contribution in [1.82, 2.24) is 4.98 Å². The molecule has 0 fully saturated rings. The first-order chi connectivity index (χ1) is 9.38. The van der Waals surface area contributed by atoms with Gasteiger partial charge in [0.25, 0.3) is 0 Å². The van der Waals surface area contributed by atoms with Crippen molar-refractivity contribution < 1.29 is 22.3 Å². The standard InChI is InChI=1S/C13H10F4N2O/c14-9-5-3-7-19-12(9)11(18)8-4-1-2-6-10(8)20-13(15,16)17/h1-7,11H,18H2. The molecule has 1 unspecified atom stereocenters. The first-order valence-corrected chi connectivity index (χ1v) is 5.59. The number of halogens is 4. The van der Waals surface area contributed by atoms with E-state index in [1.165, 1.54) is 30.5 Å². The molecule has 0 bridgehead atoms. The van der Waals surface area contributed by atoms with E-state index in [1.54, 1.807) is 0 Å². The molecule has 3 nitrogen and oxygen atoms in total. The number of aromatic nitrogens is 1. The number of para-hydroxylation sites is 1. The van der Waals surface area contributed by atoms with Gasteiger partial charge in [0.05, 0.1) is 11.7 Å². The average molecular weight is 286 g/mol. The highest BCUT2D eigenvalue weighted by Gasteiger charge is 2.33. The third-order valence-electron chi connectivity index (χ3n) is 2.56. The largest absolute Gasteiger partial charge is 0.573 e. The van der Waals surface area contributed by atoms with Crippen LogP contribution in [0.4, 0.5) is 17.6 Å². The summed E-state index contributed by atoms with van der Waals surface area (Å²) in [6.45, 7) is 0. The molecule has 0 saturated heterocycles. The number of benzene rings is 1. The van der Waals surface area contributed by atoms with Crippen LogP contribution in [0.1, 0.15) is 17.3 Å². The second-order valence-electron chi connectivity index (χ2n) is 3.93. The molecule has 0 spiro atoms. The van der Waals surface area contributed by atoms with Crippen LogP contribution in [0.3, 0.4) is 0 Å². The Morgan fingerprint density at radius 3 is 2.45 bits per heavy atom. The molecular formula is C13H10F4N2O. The maximum Gasteiger partial charge on any atom is 0.573 e. The van der Waals surface area contributed by atoms with Gasteiger partial charge in [0.2, 0.25) is 0 Å². The smallest absolute Gasteiger partial charge is 0.405 e. The lowest BCUT2D eigenvalue weighted by molar-refractivity contribution is -0.274. The topological polar surface area (TPSA) is 48.1 Å². The number of hydrogen-bond acceptors (Lipinski definition) is 3. The second kappa shape index (κ2) is 5.46. The fraction of sp³-hybridized carbons (Fsp3) is 0.154. The van der Waals surface area contributed by atoms with Crippen LogP contribution in [0.2, 0.25) is 0 Å². The quantitative estimate of drug-likeness (QED) is 0.882. The highest BCUT2D eigenvalue weighted by atomic mass is 19.4. The van der Waals surface area contributed by atoms with Crippen LogP contribution in [-0.2, 0) is 0 Å². The molecule has 1 heterocycles. The van der Waals surface area contributed by atoms with Crippen LogP contribution >= 0.6 is 0 Å². The maximum atomic E-state index is 13.6. The van der Waals surface area contributed by atoms with Gasteiger partial charge in [0.1, 0.15) is 11.6 Å². The first-order valence-electron chi connectivity index (χ1n) is 5.59. The van der Waals surface area contributed by atoms with Gasteiger partial charge in [-0.15, -0.1) is 13.2 Å². The summed E-state index contributed by atoms with van der Waals surface area (Å²) in [5.74, 6) is -1.17. The molecule has 0 radical (unpaired) electrons. The van der Waals surface area contributed by atoms with Crippen LogP contribution in [0.25, 0.3) is 0 Å². The average Bonchev–Trinajstić information content (AvgIpc) is 2.37. The van der Waals surface area contributed by atoms with Crippen LogP contribution in [0, 0.1) is 5.82 Å². The van der Waals surface area contributed by atoms with Crippen LogP contribution in [0.15, 0.2) is 42.6 Å². The van der Waals surface area contributed by atoms with Gasteiger partial charge in [0.15, 0.2) is 0 Å². The van der Waals surface area contributed by atoms with E-state index in [1.807, 2.05) is 0 Å². The molecule has 0 aliphatic heterocycles. The molecule has 1 aromatic heterocycles. The number of nitrogens with zero attached hydrogens (tertiary/aromatic N) is 1. The van der Waals surface area contributed by atoms with Crippen molar-refractivity contribution in [3.8, 4) is 5.75 Å². The maximum absolute atomic E-state index is 13.6. The summed E-state index contributed by atoms with van der Waals surface area (Å²) >= 11 is 0. The van der Waals surface area contributed by atoms with Crippen LogP contribution in [0.5, 0.6) is 5.75 Å². The normalized spacial score (nSPS) is 13.1. The number of rotatable bonds is 3. The number of nitrogens with two attached hydrogens (primary N) is 1. The third kappa shape index (κ3) is 3.24. The summed E-state index contributed by atoms with van der Waals surface area (Å²) in [4.78, 5) is 3.76. The highest BCUT2D eigenvalue weighted by Crippen LogP contribution is 2.32. The molecule has 2 N–H and O–H groups in total. The Labute approximate surface area is 112 Å². The van der Waals surface area contributed by atoms with Crippen molar-refractivity contribution in [2.24, 2.45) is 5.73 Å². The highest BCUT2D eigenvalue weighted by molar-refractivity contribution is 5.40. The zero-order valence-corrected chi connectivity index (χ0v) is 10.1. The second-order valence-corrected chi connectivity index (χ2v) is 3.93. The molecule has 106 valence electrons. The van der Waals surface area contributed by atoms with Gasteiger partial charge in [-0.3, -0.25) is 4.98 Å². The van der Waals surface area contributed by atoms with Gasteiger partial charge in [-0.1, -0.05) is 18.2 Å². The van der Waals surface area contributed by atoms with Gasteiger partial charge in [-0.2, -0.15) is 0 Å². The molecule has 0 aliphatic rings. The SMILES string of the molecule is NC(c1ccccc1OC(F)(F)F)c1ncccc1F. The van der Waals surface area contributed by atoms with Crippen molar-refractivity contribution in [3.63, 3.8) is 0 Å². The van der Waals surface area contributed by atoms with Crippen molar-refractivity contribution in [2.45, 2.75) is 12.4 Å². The molecule has 0 aliphatic carbocycles. The number of hydrogen-bond donors (Lipinski definition) is 1. The predicted molar refractivity (Wildman–Crippen MR) is 63.4 cm³/mol. The summed E-state index contributed by atoms with van der Waals surface area (Å²) in [5.41, 5.74) is 5.64. The summed E-state index contributed by atoms with van der Waals surface area (Å²) in [5, 5.41) is 0. The minimum Gasteiger partial charge on any atom is -0.405 e. The minimum atomic E-state index is -4.85. The van der Waals surface area contributed by atoms with Crippen LogP contribution < -0.4 is 10.5 Å². The summed E-state index contributed by atoms with van der Waals surface area (Å²) < 4.78 is 54.4. The Morgan fingerprint density at radius 1 is 1.10 bits per heavy atom. The van der Waals surface area contributed by atoms with Crippen LogP contribution in [-0.4, -0.2) is 11.3 Å². The van der Waals surface area contributed by atoms with Gasteiger partial charge in [-0.05, 0) is 18.2 Å². The number of ether oxygens (including phenoxy) is 1. The molecule has 0 amide bonds. The Morgan fingerprint density at radius 2 is 1.80 bits per heavy atom. The van der Waals surface area contributed by atoms with E-state index in [-0.39, 0.29) is 11.3 Å². The lowest BCUT2D eigenvalue weighted by atomic mass is 10.0.